The first-order chi connectivity index (χ1) is 8.46. The van der Waals surface area contributed by atoms with Gasteiger partial charge >= 0.3 is 5.97 Å². The molecule has 1 aliphatic heterocycles. The van der Waals surface area contributed by atoms with Crippen LogP contribution in [0.25, 0.3) is 0 Å². The van der Waals surface area contributed by atoms with Crippen molar-refractivity contribution >= 4 is 21.6 Å². The van der Waals surface area contributed by atoms with Crippen LogP contribution in [0.5, 0.6) is 0 Å². The minimum absolute atomic E-state index is 0.00469. The summed E-state index contributed by atoms with van der Waals surface area (Å²) in [7, 11) is -2.90. The highest BCUT2D eigenvalue weighted by molar-refractivity contribution is 7.91. The van der Waals surface area contributed by atoms with Crippen LogP contribution in [0.2, 0.25) is 0 Å². The monoisotopic (exact) mass is 271 g/mol. The van der Waals surface area contributed by atoms with Gasteiger partial charge < -0.3 is 10.4 Å². The van der Waals surface area contributed by atoms with Gasteiger partial charge in [0.2, 0.25) is 0 Å². The second-order valence-electron chi connectivity index (χ2n) is 4.16. The lowest BCUT2D eigenvalue weighted by molar-refractivity contribution is 0.0690. The maximum Gasteiger partial charge on any atom is 0.354 e. The van der Waals surface area contributed by atoms with E-state index in [-0.39, 0.29) is 23.2 Å². The summed E-state index contributed by atoms with van der Waals surface area (Å²) >= 11 is 0. The average Bonchev–Trinajstić information content (AvgIpc) is 2.32. The molecule has 98 valence electrons. The number of carbonyl (C=O) groups is 1. The third-order valence-corrected chi connectivity index (χ3v) is 4.51. The van der Waals surface area contributed by atoms with Gasteiger partial charge in [-0.05, 0) is 12.8 Å². The smallest absolute Gasteiger partial charge is 0.354 e. The predicted octanol–water partition coefficient (Wildman–Crippen LogP) is 0.164. The van der Waals surface area contributed by atoms with Crippen molar-refractivity contribution < 1.29 is 18.3 Å². The van der Waals surface area contributed by atoms with Crippen molar-refractivity contribution in [1.29, 1.82) is 0 Å². The van der Waals surface area contributed by atoms with Crippen LogP contribution in [0.3, 0.4) is 0 Å². The van der Waals surface area contributed by atoms with E-state index in [0.717, 1.165) is 0 Å². The Bertz CT molecular complexity index is 544. The molecule has 0 spiro atoms. The lowest BCUT2D eigenvalue weighted by atomic mass is 10.1. The number of anilines is 1. The number of sulfone groups is 1. The minimum Gasteiger partial charge on any atom is -0.477 e. The lowest BCUT2D eigenvalue weighted by Gasteiger charge is -2.23. The van der Waals surface area contributed by atoms with Crippen molar-refractivity contribution in [1.82, 2.24) is 9.97 Å². The SMILES string of the molecule is O=C(O)c1cc(NC2CCS(=O)(=O)CC2)ncn1. The first kappa shape index (κ1) is 12.7. The standard InChI is InChI=1S/C10H13N3O4S/c14-10(15)8-5-9(12-6-11-8)13-7-1-3-18(16,17)4-2-7/h5-7H,1-4H2,(H,14,15)(H,11,12,13). The predicted molar refractivity (Wildman–Crippen MR) is 64.3 cm³/mol. The number of nitrogens with zero attached hydrogens (tertiary/aromatic N) is 2. The Morgan fingerprint density at radius 3 is 2.61 bits per heavy atom. The zero-order chi connectivity index (χ0) is 13.2. The Hall–Kier alpha value is -1.70. The highest BCUT2D eigenvalue weighted by Crippen LogP contribution is 2.16. The molecular weight excluding hydrogens is 258 g/mol. The van der Waals surface area contributed by atoms with Gasteiger partial charge in [-0.1, -0.05) is 0 Å². The van der Waals surface area contributed by atoms with Gasteiger partial charge in [0.1, 0.15) is 22.0 Å². The molecule has 0 radical (unpaired) electrons. The van der Waals surface area contributed by atoms with E-state index < -0.39 is 15.8 Å². The molecule has 2 heterocycles. The molecule has 1 fully saturated rings. The minimum atomic E-state index is -2.90. The van der Waals surface area contributed by atoms with E-state index in [1.165, 1.54) is 12.4 Å². The van der Waals surface area contributed by atoms with E-state index in [0.29, 0.717) is 18.7 Å². The van der Waals surface area contributed by atoms with Gasteiger partial charge in [0.05, 0.1) is 11.5 Å². The summed E-state index contributed by atoms with van der Waals surface area (Å²) in [4.78, 5) is 18.3. The van der Waals surface area contributed by atoms with Crippen LogP contribution in [0.4, 0.5) is 5.82 Å². The van der Waals surface area contributed by atoms with Crippen molar-refractivity contribution in [2.24, 2.45) is 0 Å². The Kier molecular flexibility index (Phi) is 3.46. The van der Waals surface area contributed by atoms with Gasteiger partial charge in [-0.3, -0.25) is 0 Å². The molecule has 1 aliphatic rings. The maximum absolute atomic E-state index is 11.3. The Balaban J connectivity index is 2.02. The fourth-order valence-corrected chi connectivity index (χ4v) is 3.29. The maximum atomic E-state index is 11.3. The number of rotatable bonds is 3. The van der Waals surface area contributed by atoms with Crippen molar-refractivity contribution in [3.63, 3.8) is 0 Å². The van der Waals surface area contributed by atoms with Crippen LogP contribution < -0.4 is 5.32 Å². The second kappa shape index (κ2) is 4.89. The molecule has 7 nitrogen and oxygen atoms in total. The normalized spacial score (nSPS) is 19.3. The molecule has 1 aromatic heterocycles. The molecule has 0 bridgehead atoms. The van der Waals surface area contributed by atoms with Gasteiger partial charge in [0, 0.05) is 12.1 Å². The number of aromatic carboxylic acids is 1. The summed E-state index contributed by atoms with van der Waals surface area (Å²) < 4.78 is 22.5. The fraction of sp³-hybridized carbons (Fsp3) is 0.500. The van der Waals surface area contributed by atoms with Gasteiger partial charge in [-0.25, -0.2) is 23.2 Å². The molecule has 0 aromatic carbocycles. The Morgan fingerprint density at radius 1 is 1.33 bits per heavy atom. The number of hydrogen-bond acceptors (Lipinski definition) is 6. The van der Waals surface area contributed by atoms with Crippen LogP contribution in [0, 0.1) is 0 Å². The van der Waals surface area contributed by atoms with Crippen LogP contribution in [0.15, 0.2) is 12.4 Å². The number of carboxylic acid groups (broad SMARTS) is 1. The Morgan fingerprint density at radius 2 is 2.00 bits per heavy atom. The van der Waals surface area contributed by atoms with Crippen LogP contribution in [-0.2, 0) is 9.84 Å². The highest BCUT2D eigenvalue weighted by atomic mass is 32.2. The number of nitrogens with one attached hydrogen (secondary N) is 1. The Labute approximate surface area is 104 Å². The molecule has 2 rings (SSSR count). The quantitative estimate of drug-likeness (QED) is 0.806. The van der Waals surface area contributed by atoms with Crippen molar-refractivity contribution in [2.45, 2.75) is 18.9 Å². The van der Waals surface area contributed by atoms with Crippen molar-refractivity contribution in [2.75, 3.05) is 16.8 Å². The van der Waals surface area contributed by atoms with E-state index in [4.69, 9.17) is 5.11 Å². The second-order valence-corrected chi connectivity index (χ2v) is 6.47. The lowest BCUT2D eigenvalue weighted by Crippen LogP contribution is -2.32. The summed E-state index contributed by atoms with van der Waals surface area (Å²) in [5.41, 5.74) is -0.0871. The number of aromatic nitrogens is 2. The van der Waals surface area contributed by atoms with E-state index >= 15 is 0 Å². The third-order valence-electron chi connectivity index (χ3n) is 2.79. The van der Waals surface area contributed by atoms with Gasteiger partial charge in [-0.15, -0.1) is 0 Å². The molecule has 18 heavy (non-hydrogen) atoms. The van der Waals surface area contributed by atoms with Crippen LogP contribution in [0.1, 0.15) is 23.3 Å². The van der Waals surface area contributed by atoms with Crippen molar-refractivity contribution in [3.8, 4) is 0 Å². The molecule has 0 unspecified atom stereocenters. The van der Waals surface area contributed by atoms with Crippen LogP contribution in [-0.4, -0.2) is 47.0 Å². The molecular formula is C10H13N3O4S. The molecule has 2 N–H and O–H groups in total. The molecule has 0 atom stereocenters. The highest BCUT2D eigenvalue weighted by Gasteiger charge is 2.23. The molecule has 1 aromatic rings. The van der Waals surface area contributed by atoms with Gasteiger partial charge in [0.25, 0.3) is 0 Å². The molecule has 0 aliphatic carbocycles. The largest absolute Gasteiger partial charge is 0.477 e. The molecule has 1 saturated heterocycles. The van der Waals surface area contributed by atoms with E-state index in [9.17, 15) is 13.2 Å². The van der Waals surface area contributed by atoms with E-state index in [1.807, 2.05) is 0 Å². The molecule has 8 heteroatoms. The van der Waals surface area contributed by atoms with Gasteiger partial charge in [-0.2, -0.15) is 0 Å². The zero-order valence-electron chi connectivity index (χ0n) is 9.54. The summed E-state index contributed by atoms with van der Waals surface area (Å²) in [6, 6.07) is 1.34. The number of carboxylic acids is 1. The average molecular weight is 271 g/mol. The molecule has 0 saturated carbocycles. The van der Waals surface area contributed by atoms with Gasteiger partial charge in [0.15, 0.2) is 5.69 Å². The van der Waals surface area contributed by atoms with Crippen LogP contribution >= 0.6 is 0 Å². The zero-order valence-corrected chi connectivity index (χ0v) is 10.4. The third kappa shape index (κ3) is 3.16. The first-order valence-electron chi connectivity index (χ1n) is 5.48. The summed E-state index contributed by atoms with van der Waals surface area (Å²) in [6.45, 7) is 0. The van der Waals surface area contributed by atoms with Crippen molar-refractivity contribution in [3.05, 3.63) is 18.1 Å². The molecule has 0 amide bonds. The van der Waals surface area contributed by atoms with E-state index in [1.54, 1.807) is 0 Å². The topological polar surface area (TPSA) is 109 Å². The summed E-state index contributed by atoms with van der Waals surface area (Å²) in [5.74, 6) is -0.401. The fourth-order valence-electron chi connectivity index (χ4n) is 1.80. The first-order valence-corrected chi connectivity index (χ1v) is 7.31. The number of hydrogen-bond donors (Lipinski definition) is 2. The summed E-state index contributed by atoms with van der Waals surface area (Å²) in [5, 5.41) is 11.8. The summed E-state index contributed by atoms with van der Waals surface area (Å²) in [6.07, 6.45) is 2.19. The van der Waals surface area contributed by atoms with E-state index in [2.05, 4.69) is 15.3 Å².